The van der Waals surface area contributed by atoms with Gasteiger partial charge in [0.1, 0.15) is 0 Å². The average molecular weight is 484 g/mol. The molecule has 1 aromatic heterocycles. The summed E-state index contributed by atoms with van der Waals surface area (Å²) in [5.41, 5.74) is 5.85. The van der Waals surface area contributed by atoms with Crippen LogP contribution in [-0.2, 0) is 11.3 Å². The van der Waals surface area contributed by atoms with Gasteiger partial charge in [-0.15, -0.1) is 11.3 Å². The Morgan fingerprint density at radius 2 is 1.87 bits per heavy atom. The Labute approximate surface area is 190 Å². The molecule has 6 heteroatoms. The predicted molar refractivity (Wildman–Crippen MR) is 127 cm³/mol. The van der Waals surface area contributed by atoms with E-state index in [1.165, 1.54) is 22.4 Å². The van der Waals surface area contributed by atoms with Gasteiger partial charge in [0.15, 0.2) is 4.80 Å². The number of hydrogen-bond acceptors (Lipinski definition) is 3. The van der Waals surface area contributed by atoms with Crippen LogP contribution < -0.4 is 4.80 Å². The Bertz CT molecular complexity index is 1110. The predicted octanol–water partition coefficient (Wildman–Crippen LogP) is 5.84. The number of benzene rings is 2. The van der Waals surface area contributed by atoms with Gasteiger partial charge in [0, 0.05) is 35.9 Å². The van der Waals surface area contributed by atoms with Gasteiger partial charge >= 0.3 is 0 Å². The topological polar surface area (TPSA) is 37.6 Å². The Morgan fingerprint density at radius 1 is 1.07 bits per heavy atom. The van der Waals surface area contributed by atoms with Gasteiger partial charge < -0.3 is 9.47 Å². The number of likely N-dealkylation sites (tertiary alicyclic amines) is 1. The van der Waals surface area contributed by atoms with E-state index in [0.717, 1.165) is 47.4 Å². The van der Waals surface area contributed by atoms with Crippen LogP contribution in [0, 0.1) is 13.8 Å². The van der Waals surface area contributed by atoms with Crippen LogP contribution in [0.3, 0.4) is 0 Å². The van der Waals surface area contributed by atoms with Crippen LogP contribution in [0.2, 0.25) is 0 Å². The summed E-state index contributed by atoms with van der Waals surface area (Å²) in [6, 6.07) is 14.7. The summed E-state index contributed by atoms with van der Waals surface area (Å²) in [4.78, 5) is 19.9. The number of halogens is 1. The van der Waals surface area contributed by atoms with E-state index in [9.17, 15) is 4.79 Å². The third kappa shape index (κ3) is 4.76. The monoisotopic (exact) mass is 483 g/mol. The van der Waals surface area contributed by atoms with Crippen LogP contribution in [0.15, 0.2) is 57.3 Å². The van der Waals surface area contributed by atoms with Gasteiger partial charge in [-0.05, 0) is 67.6 Å². The number of rotatable bonds is 6. The first-order valence-electron chi connectivity index (χ1n) is 10.4. The van der Waals surface area contributed by atoms with Crippen LogP contribution in [0.1, 0.15) is 30.4 Å². The number of thiazole rings is 1. The highest BCUT2D eigenvalue weighted by atomic mass is 79.9. The molecule has 1 fully saturated rings. The van der Waals surface area contributed by atoms with Crippen molar-refractivity contribution in [2.45, 2.75) is 39.7 Å². The lowest BCUT2D eigenvalue weighted by Gasteiger charge is -2.16. The number of amides is 1. The van der Waals surface area contributed by atoms with E-state index in [0.29, 0.717) is 12.3 Å². The Kier molecular flexibility index (Phi) is 6.54. The molecule has 2 heterocycles. The molecule has 1 aliphatic rings. The van der Waals surface area contributed by atoms with Gasteiger partial charge in [-0.25, -0.2) is 4.99 Å². The van der Waals surface area contributed by atoms with Crippen molar-refractivity contribution in [3.05, 3.63) is 68.2 Å². The lowest BCUT2D eigenvalue weighted by atomic mass is 10.1. The van der Waals surface area contributed by atoms with E-state index in [1.807, 2.05) is 4.90 Å². The highest BCUT2D eigenvalue weighted by molar-refractivity contribution is 9.10. The fraction of sp³-hybridized carbons (Fsp3) is 0.333. The molecule has 1 aliphatic heterocycles. The largest absolute Gasteiger partial charge is 0.343 e. The molecule has 0 N–H and O–H groups in total. The fourth-order valence-corrected chi connectivity index (χ4v) is 4.97. The van der Waals surface area contributed by atoms with Crippen molar-refractivity contribution in [2.24, 2.45) is 4.99 Å². The van der Waals surface area contributed by atoms with Crippen LogP contribution in [0.4, 0.5) is 5.69 Å². The van der Waals surface area contributed by atoms with Gasteiger partial charge in [-0.3, -0.25) is 4.79 Å². The van der Waals surface area contributed by atoms with Crippen molar-refractivity contribution in [3.63, 3.8) is 0 Å². The maximum absolute atomic E-state index is 12.0. The Morgan fingerprint density at radius 3 is 2.57 bits per heavy atom. The second kappa shape index (κ2) is 9.31. The molecule has 156 valence electrons. The molecule has 1 amide bonds. The van der Waals surface area contributed by atoms with Crippen molar-refractivity contribution in [2.75, 3.05) is 13.1 Å². The van der Waals surface area contributed by atoms with Crippen molar-refractivity contribution in [1.82, 2.24) is 9.47 Å². The quantitative estimate of drug-likeness (QED) is 0.433. The maximum atomic E-state index is 12.0. The zero-order valence-corrected chi connectivity index (χ0v) is 19.8. The van der Waals surface area contributed by atoms with Crippen molar-refractivity contribution in [1.29, 1.82) is 0 Å². The van der Waals surface area contributed by atoms with E-state index in [-0.39, 0.29) is 0 Å². The summed E-state index contributed by atoms with van der Waals surface area (Å²) >= 11 is 5.19. The van der Waals surface area contributed by atoms with Gasteiger partial charge in [0.05, 0.1) is 11.4 Å². The first-order chi connectivity index (χ1) is 14.5. The molecule has 4 rings (SSSR count). The smallest absolute Gasteiger partial charge is 0.222 e. The molecule has 0 bridgehead atoms. The van der Waals surface area contributed by atoms with Crippen molar-refractivity contribution < 1.29 is 4.79 Å². The minimum Gasteiger partial charge on any atom is -0.343 e. The second-order valence-corrected chi connectivity index (χ2v) is 9.53. The maximum Gasteiger partial charge on any atom is 0.222 e. The second-order valence-electron chi connectivity index (χ2n) is 7.78. The van der Waals surface area contributed by atoms with Gasteiger partial charge in [-0.1, -0.05) is 34.1 Å². The van der Waals surface area contributed by atoms with Gasteiger partial charge in [0.25, 0.3) is 0 Å². The van der Waals surface area contributed by atoms with Gasteiger partial charge in [0.2, 0.25) is 5.91 Å². The summed E-state index contributed by atoms with van der Waals surface area (Å²) in [5.74, 6) is 0.290. The van der Waals surface area contributed by atoms with E-state index < -0.39 is 0 Å². The highest BCUT2D eigenvalue weighted by Gasteiger charge is 2.19. The fourth-order valence-electron chi connectivity index (χ4n) is 3.75. The van der Waals surface area contributed by atoms with Crippen molar-refractivity contribution in [3.8, 4) is 11.3 Å². The molecular formula is C24H26BrN3OS. The number of carbonyl (C=O) groups excluding carboxylic acids is 1. The zero-order chi connectivity index (χ0) is 21.1. The molecule has 0 atom stereocenters. The van der Waals surface area contributed by atoms with Crippen LogP contribution >= 0.6 is 27.3 Å². The summed E-state index contributed by atoms with van der Waals surface area (Å²) in [5, 5.41) is 2.18. The molecule has 0 aliphatic carbocycles. The minimum atomic E-state index is 0.290. The summed E-state index contributed by atoms with van der Waals surface area (Å²) in [6.45, 7) is 6.78. The summed E-state index contributed by atoms with van der Waals surface area (Å²) < 4.78 is 3.37. The molecule has 0 spiro atoms. The lowest BCUT2D eigenvalue weighted by Crippen LogP contribution is -2.27. The molecule has 3 aromatic rings. The van der Waals surface area contributed by atoms with Crippen LogP contribution in [0.25, 0.3) is 11.3 Å². The Hall–Kier alpha value is -2.18. The molecule has 2 aromatic carbocycles. The number of aromatic nitrogens is 1. The van der Waals surface area contributed by atoms with E-state index in [2.05, 4.69) is 82.2 Å². The van der Waals surface area contributed by atoms with E-state index >= 15 is 0 Å². The molecule has 4 nitrogen and oxygen atoms in total. The van der Waals surface area contributed by atoms with E-state index in [1.54, 1.807) is 11.3 Å². The SMILES string of the molecule is Cc1ccc(N=c2scc(-c3ccc(Br)cc3)n2CCCN2CCCC2=O)cc1C. The standard InChI is InChI=1S/C24H26BrN3OS/c1-17-6-11-21(15-18(17)2)26-24-28(14-4-13-27-12-3-5-23(27)29)22(16-30-24)19-7-9-20(25)10-8-19/h6-11,15-16H,3-5,12-14H2,1-2H3. The average Bonchev–Trinajstić information content (AvgIpc) is 3.32. The molecule has 30 heavy (non-hydrogen) atoms. The third-order valence-corrected chi connectivity index (χ3v) is 7.03. The van der Waals surface area contributed by atoms with E-state index in [4.69, 9.17) is 4.99 Å². The number of hydrogen-bond donors (Lipinski definition) is 0. The molecule has 0 unspecified atom stereocenters. The van der Waals surface area contributed by atoms with Crippen LogP contribution in [-0.4, -0.2) is 28.5 Å². The van der Waals surface area contributed by atoms with Crippen LogP contribution in [0.5, 0.6) is 0 Å². The first kappa shape index (κ1) is 21.1. The van der Waals surface area contributed by atoms with Gasteiger partial charge in [-0.2, -0.15) is 0 Å². The molecule has 0 radical (unpaired) electrons. The normalized spacial score (nSPS) is 14.7. The molecule has 1 saturated heterocycles. The lowest BCUT2D eigenvalue weighted by molar-refractivity contribution is -0.127. The number of carbonyl (C=O) groups is 1. The summed E-state index contributed by atoms with van der Waals surface area (Å²) in [6.07, 6.45) is 2.61. The zero-order valence-electron chi connectivity index (χ0n) is 17.4. The number of nitrogens with zero attached hydrogens (tertiary/aromatic N) is 3. The minimum absolute atomic E-state index is 0.290. The molecule has 0 saturated carbocycles. The Balaban J connectivity index is 1.66. The highest BCUT2D eigenvalue weighted by Crippen LogP contribution is 2.24. The molecular weight excluding hydrogens is 458 g/mol. The van der Waals surface area contributed by atoms with Crippen molar-refractivity contribution >= 4 is 38.9 Å². The third-order valence-electron chi connectivity index (χ3n) is 5.63. The summed E-state index contributed by atoms with van der Waals surface area (Å²) in [7, 11) is 0. The first-order valence-corrected chi connectivity index (χ1v) is 12.0. The number of aryl methyl sites for hydroxylation is 2.